The Labute approximate surface area is 231 Å². The summed E-state index contributed by atoms with van der Waals surface area (Å²) in [5.41, 5.74) is 2.99. The molecule has 5 heterocycles. The molecule has 1 amide bonds. The lowest BCUT2D eigenvalue weighted by molar-refractivity contribution is 0.0815. The van der Waals surface area contributed by atoms with Gasteiger partial charge >= 0.3 is 0 Å². The number of carbonyl (C=O) groups is 1. The highest BCUT2D eigenvalue weighted by Gasteiger charge is 2.28. The molecule has 0 atom stereocenters. The van der Waals surface area contributed by atoms with Crippen molar-refractivity contribution < 1.29 is 4.79 Å². The molecule has 1 aliphatic carbocycles. The summed E-state index contributed by atoms with van der Waals surface area (Å²) >= 11 is 0. The number of piperidine rings is 1. The highest BCUT2D eigenvalue weighted by molar-refractivity contribution is 5.99. The standard InChI is InChI=1S/C30H42N8O/c1-34(2)30(39)27-18-22-20-31-29(19-26(22)38(27)24-6-4-5-7-24)33-28-9-8-25(21-32-28)36-12-10-23(11-13-36)37-16-14-35(3)15-17-37/h8-9,18-21,23-24H,4-7,10-17H2,1-3H3,(H,31,32,33). The lowest BCUT2D eigenvalue weighted by Gasteiger charge is -2.42. The second kappa shape index (κ2) is 11.1. The maximum absolute atomic E-state index is 13.0. The molecule has 3 aromatic heterocycles. The number of carbonyl (C=O) groups excluding carboxylic acids is 1. The summed E-state index contributed by atoms with van der Waals surface area (Å²) in [7, 11) is 5.85. The number of nitrogens with one attached hydrogen (secondary N) is 1. The Morgan fingerprint density at radius 2 is 1.59 bits per heavy atom. The fraction of sp³-hybridized carbons (Fsp3) is 0.567. The number of pyridine rings is 2. The molecule has 6 rings (SSSR count). The van der Waals surface area contributed by atoms with Crippen LogP contribution in [0.2, 0.25) is 0 Å². The van der Waals surface area contributed by atoms with Crippen LogP contribution in [0.25, 0.3) is 10.9 Å². The van der Waals surface area contributed by atoms with Crippen molar-refractivity contribution in [3.05, 3.63) is 42.4 Å². The average molecular weight is 531 g/mol. The van der Waals surface area contributed by atoms with E-state index in [9.17, 15) is 4.79 Å². The highest BCUT2D eigenvalue weighted by atomic mass is 16.2. The molecule has 1 N–H and O–H groups in total. The monoisotopic (exact) mass is 530 g/mol. The third-order valence-electron chi connectivity index (χ3n) is 8.93. The quantitative estimate of drug-likeness (QED) is 0.512. The maximum Gasteiger partial charge on any atom is 0.270 e. The van der Waals surface area contributed by atoms with Crippen molar-refractivity contribution in [3.8, 4) is 0 Å². The van der Waals surface area contributed by atoms with Gasteiger partial charge in [-0.1, -0.05) is 12.8 Å². The number of nitrogens with zero attached hydrogens (tertiary/aromatic N) is 7. The van der Waals surface area contributed by atoms with Gasteiger partial charge in [-0.2, -0.15) is 0 Å². The number of likely N-dealkylation sites (N-methyl/N-ethyl adjacent to an activating group) is 1. The molecule has 0 bridgehead atoms. The van der Waals surface area contributed by atoms with Gasteiger partial charge in [0.15, 0.2) is 0 Å². The van der Waals surface area contributed by atoms with Crippen LogP contribution in [0, 0.1) is 0 Å². The van der Waals surface area contributed by atoms with Crippen molar-refractivity contribution >= 4 is 34.1 Å². The predicted octanol–water partition coefficient (Wildman–Crippen LogP) is 4.21. The molecule has 0 aromatic carbocycles. The van der Waals surface area contributed by atoms with Crippen molar-refractivity contribution in [3.63, 3.8) is 0 Å². The second-order valence-corrected chi connectivity index (χ2v) is 11.7. The average Bonchev–Trinajstić information content (AvgIpc) is 3.61. The van der Waals surface area contributed by atoms with Gasteiger partial charge in [0, 0.05) is 83.1 Å². The molecule has 3 fully saturated rings. The molecule has 2 saturated heterocycles. The fourth-order valence-corrected chi connectivity index (χ4v) is 6.59. The normalized spacial score (nSPS) is 20.1. The van der Waals surface area contributed by atoms with E-state index in [0.29, 0.717) is 12.1 Å². The van der Waals surface area contributed by atoms with Crippen LogP contribution < -0.4 is 10.2 Å². The third kappa shape index (κ3) is 5.47. The summed E-state index contributed by atoms with van der Waals surface area (Å²) in [5, 5.41) is 4.40. The van der Waals surface area contributed by atoms with Gasteiger partial charge in [0.25, 0.3) is 5.91 Å². The number of anilines is 3. The molecule has 2 aliphatic heterocycles. The van der Waals surface area contributed by atoms with Crippen LogP contribution in [0.3, 0.4) is 0 Å². The molecule has 0 unspecified atom stereocenters. The first-order chi connectivity index (χ1) is 19.0. The molecule has 208 valence electrons. The van der Waals surface area contributed by atoms with Gasteiger partial charge in [-0.25, -0.2) is 9.97 Å². The van der Waals surface area contributed by atoms with E-state index in [0.717, 1.165) is 54.2 Å². The van der Waals surface area contributed by atoms with E-state index < -0.39 is 0 Å². The molecule has 0 spiro atoms. The summed E-state index contributed by atoms with van der Waals surface area (Å²) in [5.74, 6) is 1.57. The van der Waals surface area contributed by atoms with Crippen LogP contribution in [-0.4, -0.2) is 102 Å². The predicted molar refractivity (Wildman–Crippen MR) is 157 cm³/mol. The Morgan fingerprint density at radius 3 is 2.26 bits per heavy atom. The van der Waals surface area contributed by atoms with Gasteiger partial charge in [0.1, 0.15) is 17.3 Å². The minimum atomic E-state index is 0.0393. The molecule has 9 nitrogen and oxygen atoms in total. The van der Waals surface area contributed by atoms with E-state index in [-0.39, 0.29) is 5.91 Å². The Hall–Kier alpha value is -3.17. The molecule has 3 aromatic rings. The number of rotatable bonds is 6. The van der Waals surface area contributed by atoms with E-state index in [4.69, 9.17) is 4.98 Å². The van der Waals surface area contributed by atoms with Crippen molar-refractivity contribution in [1.82, 2.24) is 29.2 Å². The van der Waals surface area contributed by atoms with Crippen LogP contribution in [0.4, 0.5) is 17.3 Å². The smallest absolute Gasteiger partial charge is 0.270 e. The molecule has 1 saturated carbocycles. The number of amides is 1. The fourth-order valence-electron chi connectivity index (χ4n) is 6.59. The molecule has 9 heteroatoms. The number of aromatic nitrogens is 3. The van der Waals surface area contributed by atoms with Gasteiger partial charge < -0.3 is 24.6 Å². The van der Waals surface area contributed by atoms with Crippen LogP contribution >= 0.6 is 0 Å². The number of hydrogen-bond donors (Lipinski definition) is 1. The van der Waals surface area contributed by atoms with Crippen molar-refractivity contribution in [2.75, 3.05) is 70.6 Å². The van der Waals surface area contributed by atoms with Gasteiger partial charge in [0.05, 0.1) is 17.4 Å². The minimum absolute atomic E-state index is 0.0393. The maximum atomic E-state index is 13.0. The van der Waals surface area contributed by atoms with E-state index in [2.05, 4.69) is 48.7 Å². The van der Waals surface area contributed by atoms with E-state index in [1.54, 1.807) is 4.90 Å². The zero-order valence-corrected chi connectivity index (χ0v) is 23.6. The van der Waals surface area contributed by atoms with Crippen LogP contribution in [0.1, 0.15) is 55.1 Å². The zero-order chi connectivity index (χ0) is 26.9. The second-order valence-electron chi connectivity index (χ2n) is 11.7. The van der Waals surface area contributed by atoms with Gasteiger partial charge in [-0.15, -0.1) is 0 Å². The van der Waals surface area contributed by atoms with Crippen LogP contribution in [-0.2, 0) is 0 Å². The number of fused-ring (bicyclic) bond motifs is 1. The van der Waals surface area contributed by atoms with Crippen molar-refractivity contribution in [2.45, 2.75) is 50.6 Å². The summed E-state index contributed by atoms with van der Waals surface area (Å²) < 4.78 is 2.25. The summed E-state index contributed by atoms with van der Waals surface area (Å²) in [4.78, 5) is 31.6. The largest absolute Gasteiger partial charge is 0.370 e. The Bertz CT molecular complexity index is 1280. The Kier molecular flexibility index (Phi) is 7.44. The first-order valence-corrected chi connectivity index (χ1v) is 14.6. The third-order valence-corrected chi connectivity index (χ3v) is 8.93. The number of piperazine rings is 1. The first-order valence-electron chi connectivity index (χ1n) is 14.6. The summed E-state index contributed by atoms with van der Waals surface area (Å²) in [6, 6.07) is 9.34. The molecule has 0 radical (unpaired) electrons. The van der Waals surface area contributed by atoms with Crippen molar-refractivity contribution in [1.29, 1.82) is 0 Å². The Balaban J connectivity index is 1.14. The summed E-state index contributed by atoms with van der Waals surface area (Å²) in [6.07, 6.45) is 10.9. The van der Waals surface area contributed by atoms with Crippen molar-refractivity contribution in [2.24, 2.45) is 0 Å². The van der Waals surface area contributed by atoms with Gasteiger partial charge in [-0.05, 0) is 50.9 Å². The first kappa shape index (κ1) is 26.1. The lowest BCUT2D eigenvalue weighted by atomic mass is 10.0. The van der Waals surface area contributed by atoms with Crippen LogP contribution in [0.15, 0.2) is 36.7 Å². The van der Waals surface area contributed by atoms with E-state index in [1.165, 1.54) is 57.5 Å². The molecule has 39 heavy (non-hydrogen) atoms. The molecular weight excluding hydrogens is 488 g/mol. The van der Waals surface area contributed by atoms with Crippen LogP contribution in [0.5, 0.6) is 0 Å². The highest BCUT2D eigenvalue weighted by Crippen LogP contribution is 2.36. The van der Waals surface area contributed by atoms with Gasteiger partial charge in [-0.3, -0.25) is 9.69 Å². The zero-order valence-electron chi connectivity index (χ0n) is 23.6. The lowest BCUT2D eigenvalue weighted by Crippen LogP contribution is -2.52. The summed E-state index contributed by atoms with van der Waals surface area (Å²) in [6.45, 7) is 6.92. The van der Waals surface area contributed by atoms with E-state index >= 15 is 0 Å². The molecule has 3 aliphatic rings. The topological polar surface area (TPSA) is 72.8 Å². The minimum Gasteiger partial charge on any atom is -0.370 e. The Morgan fingerprint density at radius 1 is 0.872 bits per heavy atom. The number of hydrogen-bond acceptors (Lipinski definition) is 7. The SMILES string of the molecule is CN1CCN(C2CCN(c3ccc(Nc4cc5c(cn4)cc(C(=O)N(C)C)n5C4CCCC4)nc3)CC2)CC1. The van der Waals surface area contributed by atoms with Gasteiger partial charge in [0.2, 0.25) is 0 Å². The molecular formula is C30H42N8O. The van der Waals surface area contributed by atoms with E-state index in [1.807, 2.05) is 38.6 Å².